The minimum atomic E-state index is 0.297. The van der Waals surface area contributed by atoms with Crippen LogP contribution in [0.3, 0.4) is 0 Å². The Bertz CT molecular complexity index is 462. The molecule has 0 radical (unpaired) electrons. The van der Waals surface area contributed by atoms with Crippen LogP contribution in [0.15, 0.2) is 30.0 Å². The van der Waals surface area contributed by atoms with E-state index in [2.05, 4.69) is 30.3 Å². The standard InChI is InChI=1S/C14H15NO/c16-14-6-3-9-15(14)13-8-7-11-4-1-2-5-12(11)10-13/h1-2,4-5,10H,3,6-9H2. The number of rotatable bonds is 1. The molecule has 1 amide bonds. The number of likely N-dealkylation sites (tertiary alicyclic amines) is 1. The number of carbonyl (C=O) groups excluding carboxylic acids is 1. The molecule has 1 aliphatic heterocycles. The first-order chi connectivity index (χ1) is 7.84. The molecule has 2 heteroatoms. The molecule has 1 fully saturated rings. The second-order valence-corrected chi connectivity index (χ2v) is 4.48. The minimum Gasteiger partial charge on any atom is -0.316 e. The van der Waals surface area contributed by atoms with Gasteiger partial charge < -0.3 is 4.90 Å². The summed E-state index contributed by atoms with van der Waals surface area (Å²) < 4.78 is 0. The third-order valence-electron chi connectivity index (χ3n) is 3.45. The van der Waals surface area contributed by atoms with Crippen molar-refractivity contribution >= 4 is 12.0 Å². The normalized spacial score (nSPS) is 19.6. The fraction of sp³-hybridized carbons (Fsp3) is 0.357. The van der Waals surface area contributed by atoms with Gasteiger partial charge in [-0.25, -0.2) is 0 Å². The number of fused-ring (bicyclic) bond motifs is 1. The molecule has 3 rings (SSSR count). The summed E-state index contributed by atoms with van der Waals surface area (Å²) in [6, 6.07) is 8.45. The average Bonchev–Trinajstić information content (AvgIpc) is 2.75. The Morgan fingerprint density at radius 1 is 1.06 bits per heavy atom. The molecule has 0 spiro atoms. The van der Waals surface area contributed by atoms with Crippen molar-refractivity contribution in [1.82, 2.24) is 4.90 Å². The Balaban J connectivity index is 1.94. The second kappa shape index (κ2) is 3.78. The summed E-state index contributed by atoms with van der Waals surface area (Å²) in [7, 11) is 0. The molecular weight excluding hydrogens is 198 g/mol. The quantitative estimate of drug-likeness (QED) is 0.702. The molecule has 0 bridgehead atoms. The topological polar surface area (TPSA) is 20.3 Å². The highest BCUT2D eigenvalue weighted by molar-refractivity contribution is 5.81. The van der Waals surface area contributed by atoms with Gasteiger partial charge in [-0.05, 0) is 36.5 Å². The van der Waals surface area contributed by atoms with Gasteiger partial charge in [-0.3, -0.25) is 4.79 Å². The van der Waals surface area contributed by atoms with Crippen LogP contribution in [0.5, 0.6) is 0 Å². The maximum Gasteiger partial charge on any atom is 0.226 e. The summed E-state index contributed by atoms with van der Waals surface area (Å²) in [4.78, 5) is 13.6. The summed E-state index contributed by atoms with van der Waals surface area (Å²) in [6.45, 7) is 0.910. The Kier molecular flexibility index (Phi) is 2.28. The number of amides is 1. The highest BCUT2D eigenvalue weighted by Crippen LogP contribution is 2.28. The number of hydrogen-bond donors (Lipinski definition) is 0. The van der Waals surface area contributed by atoms with E-state index < -0.39 is 0 Å². The van der Waals surface area contributed by atoms with Gasteiger partial charge in [0.25, 0.3) is 0 Å². The zero-order valence-electron chi connectivity index (χ0n) is 9.28. The monoisotopic (exact) mass is 213 g/mol. The molecule has 16 heavy (non-hydrogen) atoms. The van der Waals surface area contributed by atoms with Gasteiger partial charge in [0, 0.05) is 18.7 Å². The van der Waals surface area contributed by atoms with Gasteiger partial charge in [0.15, 0.2) is 0 Å². The van der Waals surface area contributed by atoms with Crippen LogP contribution in [0.2, 0.25) is 0 Å². The van der Waals surface area contributed by atoms with Crippen molar-refractivity contribution in [1.29, 1.82) is 0 Å². The van der Waals surface area contributed by atoms with E-state index in [0.717, 1.165) is 32.2 Å². The zero-order chi connectivity index (χ0) is 11.0. The van der Waals surface area contributed by atoms with E-state index in [1.165, 1.54) is 16.8 Å². The average molecular weight is 213 g/mol. The van der Waals surface area contributed by atoms with E-state index >= 15 is 0 Å². The van der Waals surface area contributed by atoms with Gasteiger partial charge in [-0.1, -0.05) is 24.3 Å². The highest BCUT2D eigenvalue weighted by atomic mass is 16.2. The van der Waals surface area contributed by atoms with E-state index in [1.54, 1.807) is 0 Å². The lowest BCUT2D eigenvalue weighted by atomic mass is 9.95. The smallest absolute Gasteiger partial charge is 0.226 e. The van der Waals surface area contributed by atoms with Crippen molar-refractivity contribution < 1.29 is 4.79 Å². The van der Waals surface area contributed by atoms with Crippen molar-refractivity contribution in [2.75, 3.05) is 6.54 Å². The predicted octanol–water partition coefficient (Wildman–Crippen LogP) is 2.60. The third kappa shape index (κ3) is 1.54. The van der Waals surface area contributed by atoms with Crippen LogP contribution >= 0.6 is 0 Å². The van der Waals surface area contributed by atoms with Crippen LogP contribution in [0.25, 0.3) is 6.08 Å². The summed E-state index contributed by atoms with van der Waals surface area (Å²) in [5.74, 6) is 0.297. The van der Waals surface area contributed by atoms with Gasteiger partial charge in [0.1, 0.15) is 0 Å². The molecule has 82 valence electrons. The first kappa shape index (κ1) is 9.64. The highest BCUT2D eigenvalue weighted by Gasteiger charge is 2.24. The van der Waals surface area contributed by atoms with Crippen molar-refractivity contribution in [2.24, 2.45) is 0 Å². The molecule has 1 heterocycles. The molecule has 0 saturated carbocycles. The molecule has 0 unspecified atom stereocenters. The maximum absolute atomic E-state index is 11.7. The Morgan fingerprint density at radius 2 is 1.94 bits per heavy atom. The van der Waals surface area contributed by atoms with Gasteiger partial charge in [-0.15, -0.1) is 0 Å². The first-order valence-electron chi connectivity index (χ1n) is 5.93. The molecule has 1 aromatic carbocycles. The molecule has 1 aromatic rings. The fourth-order valence-electron chi connectivity index (χ4n) is 2.58. The molecule has 0 atom stereocenters. The molecule has 0 N–H and O–H groups in total. The Morgan fingerprint density at radius 3 is 2.75 bits per heavy atom. The van der Waals surface area contributed by atoms with Crippen LogP contribution in [-0.4, -0.2) is 17.4 Å². The maximum atomic E-state index is 11.7. The van der Waals surface area contributed by atoms with E-state index in [0.29, 0.717) is 5.91 Å². The summed E-state index contributed by atoms with van der Waals surface area (Å²) in [5.41, 5.74) is 3.89. The molecule has 2 nitrogen and oxygen atoms in total. The SMILES string of the molecule is O=C1CCCN1C1=Cc2ccccc2CC1. The number of nitrogens with zero attached hydrogens (tertiary/aromatic N) is 1. The van der Waals surface area contributed by atoms with Crippen LogP contribution < -0.4 is 0 Å². The largest absolute Gasteiger partial charge is 0.316 e. The van der Waals surface area contributed by atoms with Crippen molar-refractivity contribution in [2.45, 2.75) is 25.7 Å². The van der Waals surface area contributed by atoms with E-state index in [-0.39, 0.29) is 0 Å². The Labute approximate surface area is 95.6 Å². The number of hydrogen-bond acceptors (Lipinski definition) is 1. The molecule has 0 aromatic heterocycles. The van der Waals surface area contributed by atoms with Gasteiger partial charge >= 0.3 is 0 Å². The van der Waals surface area contributed by atoms with E-state index in [9.17, 15) is 4.79 Å². The lowest BCUT2D eigenvalue weighted by molar-refractivity contribution is -0.126. The first-order valence-corrected chi connectivity index (χ1v) is 5.93. The van der Waals surface area contributed by atoms with Crippen LogP contribution in [0.1, 0.15) is 30.4 Å². The van der Waals surface area contributed by atoms with Gasteiger partial charge in [-0.2, -0.15) is 0 Å². The number of carbonyl (C=O) groups is 1. The molecule has 2 aliphatic rings. The minimum absolute atomic E-state index is 0.297. The fourth-order valence-corrected chi connectivity index (χ4v) is 2.58. The van der Waals surface area contributed by atoms with Crippen LogP contribution in [-0.2, 0) is 11.2 Å². The number of benzene rings is 1. The number of allylic oxidation sites excluding steroid dienone is 1. The van der Waals surface area contributed by atoms with E-state index in [4.69, 9.17) is 0 Å². The van der Waals surface area contributed by atoms with E-state index in [1.807, 2.05) is 4.90 Å². The molecule has 1 aliphatic carbocycles. The van der Waals surface area contributed by atoms with Gasteiger partial charge in [0.2, 0.25) is 5.91 Å². The van der Waals surface area contributed by atoms with Crippen molar-refractivity contribution in [3.8, 4) is 0 Å². The van der Waals surface area contributed by atoms with Crippen molar-refractivity contribution in [3.63, 3.8) is 0 Å². The summed E-state index contributed by atoms with van der Waals surface area (Å²) in [5, 5.41) is 0. The Hall–Kier alpha value is -1.57. The lowest BCUT2D eigenvalue weighted by Gasteiger charge is -2.24. The predicted molar refractivity (Wildman–Crippen MR) is 63.7 cm³/mol. The summed E-state index contributed by atoms with van der Waals surface area (Å²) in [6.07, 6.45) is 5.98. The van der Waals surface area contributed by atoms with Gasteiger partial charge in [0.05, 0.1) is 0 Å². The molecule has 1 saturated heterocycles. The second-order valence-electron chi connectivity index (χ2n) is 4.48. The molecular formula is C14H15NO. The summed E-state index contributed by atoms with van der Waals surface area (Å²) >= 11 is 0. The third-order valence-corrected chi connectivity index (χ3v) is 3.45. The zero-order valence-corrected chi connectivity index (χ0v) is 9.28. The van der Waals surface area contributed by atoms with Crippen LogP contribution in [0, 0.1) is 0 Å². The van der Waals surface area contributed by atoms with Crippen LogP contribution in [0.4, 0.5) is 0 Å². The number of aryl methyl sites for hydroxylation is 1. The lowest BCUT2D eigenvalue weighted by Crippen LogP contribution is -2.25. The van der Waals surface area contributed by atoms with Crippen molar-refractivity contribution in [3.05, 3.63) is 41.1 Å².